The molecule has 0 spiro atoms. The van der Waals surface area contributed by atoms with Crippen LogP contribution >= 0.6 is 15.9 Å². The molecule has 0 atom stereocenters. The van der Waals surface area contributed by atoms with Gasteiger partial charge in [-0.3, -0.25) is 4.79 Å². The molecule has 92 valence electrons. The first-order valence-corrected chi connectivity index (χ1v) is 6.51. The molecule has 0 unspecified atom stereocenters. The molecule has 0 radical (unpaired) electrons. The van der Waals surface area contributed by atoms with Gasteiger partial charge in [-0.1, -0.05) is 25.1 Å². The van der Waals surface area contributed by atoms with Gasteiger partial charge in [-0.2, -0.15) is 0 Å². The Hall–Kier alpha value is -1.68. The lowest BCUT2D eigenvalue weighted by Gasteiger charge is -2.05. The molecule has 0 aliphatic rings. The summed E-state index contributed by atoms with van der Waals surface area (Å²) in [6.45, 7) is 2.10. The summed E-state index contributed by atoms with van der Waals surface area (Å²) in [4.78, 5) is 16.0. The quantitative estimate of drug-likeness (QED) is 0.879. The Morgan fingerprint density at radius 2 is 1.94 bits per heavy atom. The van der Waals surface area contributed by atoms with E-state index < -0.39 is 0 Å². The number of carbonyl (C=O) groups is 1. The van der Waals surface area contributed by atoms with E-state index >= 15 is 0 Å². The Morgan fingerprint density at radius 1 is 1.22 bits per heavy atom. The van der Waals surface area contributed by atoms with E-state index in [-0.39, 0.29) is 5.91 Å². The summed E-state index contributed by atoms with van der Waals surface area (Å²) in [6, 6.07) is 13.1. The van der Waals surface area contributed by atoms with Gasteiger partial charge in [0.2, 0.25) is 0 Å². The molecule has 3 nitrogen and oxygen atoms in total. The molecule has 1 aromatic carbocycles. The maximum Gasteiger partial charge on any atom is 0.274 e. The molecule has 1 heterocycles. The minimum absolute atomic E-state index is 0.208. The molecule has 2 rings (SSSR count). The largest absolute Gasteiger partial charge is 0.321 e. The van der Waals surface area contributed by atoms with E-state index in [0.29, 0.717) is 10.3 Å². The van der Waals surface area contributed by atoms with Gasteiger partial charge in [-0.25, -0.2) is 4.98 Å². The predicted molar refractivity (Wildman–Crippen MR) is 75.7 cm³/mol. The minimum Gasteiger partial charge on any atom is -0.321 e. The van der Waals surface area contributed by atoms with Gasteiger partial charge in [0, 0.05) is 5.69 Å². The molecule has 18 heavy (non-hydrogen) atoms. The molecular formula is C14H13BrN2O. The molecule has 0 saturated heterocycles. The normalized spacial score (nSPS) is 10.1. The maximum absolute atomic E-state index is 11.9. The molecule has 1 amide bonds. The number of benzene rings is 1. The van der Waals surface area contributed by atoms with Crippen molar-refractivity contribution >= 4 is 27.5 Å². The average Bonchev–Trinajstić information content (AvgIpc) is 2.39. The first-order valence-electron chi connectivity index (χ1n) is 5.72. The number of halogens is 1. The number of aryl methyl sites for hydroxylation is 1. The number of hydrogen-bond donors (Lipinski definition) is 1. The van der Waals surface area contributed by atoms with Crippen molar-refractivity contribution in [2.24, 2.45) is 0 Å². The highest BCUT2D eigenvalue weighted by Crippen LogP contribution is 2.12. The van der Waals surface area contributed by atoms with Crippen LogP contribution in [-0.4, -0.2) is 10.9 Å². The van der Waals surface area contributed by atoms with Crippen molar-refractivity contribution < 1.29 is 4.79 Å². The van der Waals surface area contributed by atoms with E-state index in [2.05, 4.69) is 33.2 Å². The molecule has 0 aliphatic carbocycles. The van der Waals surface area contributed by atoms with Crippen molar-refractivity contribution in [1.29, 1.82) is 0 Å². The molecule has 0 aliphatic heterocycles. The number of pyridine rings is 1. The number of carbonyl (C=O) groups excluding carboxylic acids is 1. The number of amides is 1. The first kappa shape index (κ1) is 12.8. The summed E-state index contributed by atoms with van der Waals surface area (Å²) >= 11 is 3.24. The van der Waals surface area contributed by atoms with E-state index in [1.165, 1.54) is 5.56 Å². The zero-order valence-electron chi connectivity index (χ0n) is 9.98. The van der Waals surface area contributed by atoms with E-state index in [1.807, 2.05) is 24.3 Å². The van der Waals surface area contributed by atoms with Crippen LogP contribution in [0.15, 0.2) is 47.1 Å². The molecule has 2 aromatic rings. The van der Waals surface area contributed by atoms with Crippen molar-refractivity contribution in [1.82, 2.24) is 4.98 Å². The summed E-state index contributed by atoms with van der Waals surface area (Å²) in [5, 5.41) is 2.81. The van der Waals surface area contributed by atoms with Gasteiger partial charge in [0.15, 0.2) is 0 Å². The summed E-state index contributed by atoms with van der Waals surface area (Å²) in [5.41, 5.74) is 2.41. The Kier molecular flexibility index (Phi) is 4.10. The highest BCUT2D eigenvalue weighted by molar-refractivity contribution is 9.10. The van der Waals surface area contributed by atoms with Crippen LogP contribution in [0.2, 0.25) is 0 Å². The van der Waals surface area contributed by atoms with Crippen molar-refractivity contribution in [2.75, 3.05) is 5.32 Å². The van der Waals surface area contributed by atoms with Gasteiger partial charge >= 0.3 is 0 Å². The topological polar surface area (TPSA) is 42.0 Å². The van der Waals surface area contributed by atoms with Gasteiger partial charge in [0.1, 0.15) is 10.3 Å². The van der Waals surface area contributed by atoms with Crippen molar-refractivity contribution in [2.45, 2.75) is 13.3 Å². The highest BCUT2D eigenvalue weighted by Gasteiger charge is 2.07. The number of aromatic nitrogens is 1. The molecule has 0 saturated carbocycles. The van der Waals surface area contributed by atoms with Crippen LogP contribution in [0, 0.1) is 0 Å². The van der Waals surface area contributed by atoms with E-state index in [1.54, 1.807) is 18.2 Å². The second kappa shape index (κ2) is 5.78. The third kappa shape index (κ3) is 3.17. The molecule has 1 aromatic heterocycles. The lowest BCUT2D eigenvalue weighted by atomic mass is 10.1. The van der Waals surface area contributed by atoms with Crippen LogP contribution in [0.5, 0.6) is 0 Å². The van der Waals surface area contributed by atoms with Crippen LogP contribution in [0.25, 0.3) is 0 Å². The number of hydrogen-bond acceptors (Lipinski definition) is 2. The summed E-state index contributed by atoms with van der Waals surface area (Å²) in [7, 11) is 0. The van der Waals surface area contributed by atoms with Crippen LogP contribution in [0.1, 0.15) is 23.0 Å². The number of anilines is 1. The second-order valence-electron chi connectivity index (χ2n) is 3.85. The lowest BCUT2D eigenvalue weighted by Crippen LogP contribution is -2.13. The van der Waals surface area contributed by atoms with E-state index in [9.17, 15) is 4.79 Å². The standard InChI is InChI=1S/C14H13BrN2O/c1-2-10-6-8-11(9-7-10)16-14(18)12-4-3-5-13(15)17-12/h3-9H,2H2,1H3,(H,16,18). The number of nitrogens with zero attached hydrogens (tertiary/aromatic N) is 1. The number of nitrogens with one attached hydrogen (secondary N) is 1. The van der Waals surface area contributed by atoms with Crippen LogP contribution in [0.3, 0.4) is 0 Å². The molecular weight excluding hydrogens is 292 g/mol. The average molecular weight is 305 g/mol. The van der Waals surface area contributed by atoms with Gasteiger partial charge < -0.3 is 5.32 Å². The number of rotatable bonds is 3. The third-order valence-electron chi connectivity index (χ3n) is 2.57. The highest BCUT2D eigenvalue weighted by atomic mass is 79.9. The summed E-state index contributed by atoms with van der Waals surface area (Å²) < 4.78 is 0.650. The van der Waals surface area contributed by atoms with Crippen LogP contribution in [-0.2, 0) is 6.42 Å². The van der Waals surface area contributed by atoms with Crippen molar-refractivity contribution in [3.63, 3.8) is 0 Å². The molecule has 1 N–H and O–H groups in total. The monoisotopic (exact) mass is 304 g/mol. The zero-order chi connectivity index (χ0) is 13.0. The minimum atomic E-state index is -0.208. The Labute approximate surface area is 114 Å². The van der Waals surface area contributed by atoms with Crippen molar-refractivity contribution in [3.8, 4) is 0 Å². The van der Waals surface area contributed by atoms with E-state index in [4.69, 9.17) is 0 Å². The van der Waals surface area contributed by atoms with Gasteiger partial charge in [-0.15, -0.1) is 0 Å². The Bertz CT molecular complexity index is 552. The summed E-state index contributed by atoms with van der Waals surface area (Å²) in [5.74, 6) is -0.208. The van der Waals surface area contributed by atoms with Gasteiger partial charge in [-0.05, 0) is 52.2 Å². The molecule has 0 bridgehead atoms. The Balaban J connectivity index is 2.11. The summed E-state index contributed by atoms with van der Waals surface area (Å²) in [6.07, 6.45) is 0.988. The maximum atomic E-state index is 11.9. The van der Waals surface area contributed by atoms with Crippen LogP contribution < -0.4 is 5.32 Å². The molecule has 0 fully saturated rings. The first-order chi connectivity index (χ1) is 8.69. The predicted octanol–water partition coefficient (Wildman–Crippen LogP) is 3.66. The SMILES string of the molecule is CCc1ccc(NC(=O)c2cccc(Br)n2)cc1. The second-order valence-corrected chi connectivity index (χ2v) is 4.66. The fraction of sp³-hybridized carbons (Fsp3) is 0.143. The fourth-order valence-electron chi connectivity index (χ4n) is 1.55. The third-order valence-corrected chi connectivity index (χ3v) is 3.01. The smallest absolute Gasteiger partial charge is 0.274 e. The lowest BCUT2D eigenvalue weighted by molar-refractivity contribution is 0.102. The van der Waals surface area contributed by atoms with E-state index in [0.717, 1.165) is 12.1 Å². The van der Waals surface area contributed by atoms with Gasteiger partial charge in [0.25, 0.3) is 5.91 Å². The Morgan fingerprint density at radius 3 is 2.56 bits per heavy atom. The zero-order valence-corrected chi connectivity index (χ0v) is 11.6. The molecule has 4 heteroatoms. The van der Waals surface area contributed by atoms with Gasteiger partial charge in [0.05, 0.1) is 0 Å². The fourth-order valence-corrected chi connectivity index (χ4v) is 1.90. The van der Waals surface area contributed by atoms with Crippen molar-refractivity contribution in [3.05, 3.63) is 58.3 Å². The van der Waals surface area contributed by atoms with Crippen LogP contribution in [0.4, 0.5) is 5.69 Å².